The van der Waals surface area contributed by atoms with E-state index in [4.69, 9.17) is 9.47 Å². The van der Waals surface area contributed by atoms with Gasteiger partial charge >= 0.3 is 12.2 Å². The predicted octanol–water partition coefficient (Wildman–Crippen LogP) is 2.55. The quantitative estimate of drug-likeness (QED) is 0.791. The monoisotopic (exact) mass is 371 g/mol. The molecule has 0 bridgehead atoms. The van der Waals surface area contributed by atoms with Crippen molar-refractivity contribution in [2.75, 3.05) is 33.1 Å². The first-order valence-corrected chi connectivity index (χ1v) is 8.70. The van der Waals surface area contributed by atoms with Crippen molar-refractivity contribution in [1.82, 2.24) is 8.61 Å². The molecule has 0 saturated carbocycles. The molecule has 8 nitrogen and oxygen atoms in total. The topological polar surface area (TPSA) is 79.4 Å². The summed E-state index contributed by atoms with van der Waals surface area (Å²) in [6.07, 6.45) is -2.00. The van der Waals surface area contributed by atoms with Crippen LogP contribution in [-0.4, -0.2) is 59.3 Å². The van der Waals surface area contributed by atoms with Gasteiger partial charge in [0.1, 0.15) is 5.75 Å². The predicted molar refractivity (Wildman–Crippen MR) is 96.8 cm³/mol. The first-order valence-electron chi connectivity index (χ1n) is 7.64. The molecule has 9 heteroatoms. The van der Waals surface area contributed by atoms with Gasteiger partial charge in [0.2, 0.25) is 11.2 Å². The van der Waals surface area contributed by atoms with Crippen molar-refractivity contribution in [3.63, 3.8) is 0 Å². The fraction of sp³-hybridized carbons (Fsp3) is 0.500. The van der Waals surface area contributed by atoms with E-state index < -0.39 is 23.4 Å². The molecule has 1 aromatic rings. The number of carbonyl (C=O) groups is 2. The third-order valence-corrected chi connectivity index (χ3v) is 4.41. The Labute approximate surface area is 151 Å². The van der Waals surface area contributed by atoms with Crippen molar-refractivity contribution < 1.29 is 23.3 Å². The highest BCUT2D eigenvalue weighted by Gasteiger charge is 2.26. The van der Waals surface area contributed by atoms with Crippen LogP contribution in [0.1, 0.15) is 19.4 Å². The van der Waals surface area contributed by atoms with E-state index in [1.807, 2.05) is 32.0 Å². The van der Waals surface area contributed by atoms with E-state index in [-0.39, 0.29) is 6.10 Å². The average molecular weight is 371 g/mol. The minimum absolute atomic E-state index is 0.323. The molecule has 0 aliphatic heterocycles. The highest BCUT2D eigenvalue weighted by Crippen LogP contribution is 2.23. The van der Waals surface area contributed by atoms with Crippen LogP contribution in [-0.2, 0) is 15.9 Å². The maximum absolute atomic E-state index is 12.3. The zero-order chi connectivity index (χ0) is 19.3. The lowest BCUT2D eigenvalue weighted by Crippen LogP contribution is -2.42. The summed E-state index contributed by atoms with van der Waals surface area (Å²) in [4.78, 5) is 25.9. The first kappa shape index (κ1) is 20.8. The SMILES string of the molecule is Cc1cc(OC(=O)N(C)S(=O)N(C)C(=O)OC(C)C)ccc1N(C)C. The fourth-order valence-corrected chi connectivity index (χ4v) is 2.65. The zero-order valence-corrected chi connectivity index (χ0v) is 16.4. The number of carbonyl (C=O) groups excluding carboxylic acids is 2. The Bertz CT molecular complexity index is 663. The van der Waals surface area contributed by atoms with Gasteiger partial charge in [0, 0.05) is 33.9 Å². The minimum Gasteiger partial charge on any atom is -0.446 e. The Hall–Kier alpha value is -2.29. The summed E-state index contributed by atoms with van der Waals surface area (Å²) in [5, 5.41) is 0. The fourth-order valence-electron chi connectivity index (χ4n) is 1.95. The van der Waals surface area contributed by atoms with Gasteiger partial charge < -0.3 is 14.4 Å². The second-order valence-electron chi connectivity index (χ2n) is 5.87. The number of hydrogen-bond donors (Lipinski definition) is 0. The number of ether oxygens (including phenoxy) is 2. The van der Waals surface area contributed by atoms with Crippen LogP contribution in [0.5, 0.6) is 5.75 Å². The molecule has 0 aliphatic carbocycles. The Morgan fingerprint density at radius 3 is 2.08 bits per heavy atom. The second kappa shape index (κ2) is 8.70. The number of hydrogen-bond acceptors (Lipinski definition) is 6. The van der Waals surface area contributed by atoms with Crippen LogP contribution < -0.4 is 9.64 Å². The van der Waals surface area contributed by atoms with E-state index in [1.54, 1.807) is 26.0 Å². The van der Waals surface area contributed by atoms with Gasteiger partial charge in [0.05, 0.1) is 6.10 Å². The molecule has 1 rings (SSSR count). The van der Waals surface area contributed by atoms with Crippen molar-refractivity contribution in [2.24, 2.45) is 0 Å². The molecule has 140 valence electrons. The maximum atomic E-state index is 12.3. The smallest absolute Gasteiger partial charge is 0.428 e. The average Bonchev–Trinajstić information content (AvgIpc) is 2.51. The number of benzene rings is 1. The van der Waals surface area contributed by atoms with Crippen molar-refractivity contribution in [2.45, 2.75) is 26.9 Å². The van der Waals surface area contributed by atoms with E-state index in [1.165, 1.54) is 14.1 Å². The molecule has 0 spiro atoms. The van der Waals surface area contributed by atoms with Gasteiger partial charge in [0.25, 0.3) is 0 Å². The van der Waals surface area contributed by atoms with Crippen molar-refractivity contribution in [3.05, 3.63) is 23.8 Å². The third kappa shape index (κ3) is 5.63. The van der Waals surface area contributed by atoms with E-state index in [0.717, 1.165) is 19.9 Å². The summed E-state index contributed by atoms with van der Waals surface area (Å²) < 4.78 is 24.1. The Morgan fingerprint density at radius 1 is 1.04 bits per heavy atom. The lowest BCUT2D eigenvalue weighted by molar-refractivity contribution is 0.101. The summed E-state index contributed by atoms with van der Waals surface area (Å²) >= 11 is -2.07. The van der Waals surface area contributed by atoms with Gasteiger partial charge in [-0.1, -0.05) is 0 Å². The second-order valence-corrected chi connectivity index (χ2v) is 7.43. The lowest BCUT2D eigenvalue weighted by Gasteiger charge is -2.23. The van der Waals surface area contributed by atoms with Crippen LogP contribution in [0.15, 0.2) is 18.2 Å². The van der Waals surface area contributed by atoms with Gasteiger partial charge in [-0.2, -0.15) is 0 Å². The summed E-state index contributed by atoms with van der Waals surface area (Å²) in [5.41, 5.74) is 1.92. The largest absolute Gasteiger partial charge is 0.446 e. The van der Waals surface area contributed by atoms with Crippen LogP contribution in [0.2, 0.25) is 0 Å². The molecule has 0 aliphatic rings. The van der Waals surface area contributed by atoms with E-state index in [2.05, 4.69) is 0 Å². The lowest BCUT2D eigenvalue weighted by atomic mass is 10.2. The zero-order valence-electron chi connectivity index (χ0n) is 15.6. The van der Waals surface area contributed by atoms with E-state index in [9.17, 15) is 13.8 Å². The van der Waals surface area contributed by atoms with Gasteiger partial charge in [-0.25, -0.2) is 22.4 Å². The minimum atomic E-state index is -2.07. The van der Waals surface area contributed by atoms with Crippen LogP contribution in [0.4, 0.5) is 15.3 Å². The summed E-state index contributed by atoms with van der Waals surface area (Å²) in [6, 6.07) is 5.18. The maximum Gasteiger partial charge on any atom is 0.428 e. The Kier molecular flexibility index (Phi) is 7.22. The standard InChI is InChI=1S/C16H25N3O5S/c1-11(2)23-15(20)18(6)25(22)19(7)16(21)24-13-8-9-14(17(4)5)12(3)10-13/h8-11H,1-7H3. The van der Waals surface area contributed by atoms with Gasteiger partial charge in [-0.15, -0.1) is 0 Å². The highest BCUT2D eigenvalue weighted by atomic mass is 32.2. The van der Waals surface area contributed by atoms with Crippen molar-refractivity contribution >= 4 is 29.0 Å². The number of nitrogens with zero attached hydrogens (tertiary/aromatic N) is 3. The number of rotatable bonds is 5. The molecule has 1 aromatic carbocycles. The molecule has 2 amide bonds. The number of amides is 2. The van der Waals surface area contributed by atoms with Gasteiger partial charge in [-0.05, 0) is 44.5 Å². The highest BCUT2D eigenvalue weighted by molar-refractivity contribution is 7.81. The van der Waals surface area contributed by atoms with Crippen molar-refractivity contribution in [1.29, 1.82) is 0 Å². The third-order valence-electron chi connectivity index (χ3n) is 3.17. The molecule has 0 radical (unpaired) electrons. The first-order chi connectivity index (χ1) is 11.5. The Balaban J connectivity index is 2.78. The van der Waals surface area contributed by atoms with Crippen LogP contribution >= 0.6 is 0 Å². The molecular formula is C16H25N3O5S. The van der Waals surface area contributed by atoms with Gasteiger partial charge in [0.15, 0.2) is 0 Å². The molecule has 0 saturated heterocycles. The molecular weight excluding hydrogens is 346 g/mol. The van der Waals surface area contributed by atoms with E-state index in [0.29, 0.717) is 5.75 Å². The summed E-state index contributed by atoms with van der Waals surface area (Å²) in [6.45, 7) is 5.24. The summed E-state index contributed by atoms with van der Waals surface area (Å²) in [5.74, 6) is 0.323. The number of aryl methyl sites for hydroxylation is 1. The van der Waals surface area contributed by atoms with Crippen LogP contribution in [0.3, 0.4) is 0 Å². The summed E-state index contributed by atoms with van der Waals surface area (Å²) in [7, 11) is 6.38. The molecule has 0 heterocycles. The molecule has 25 heavy (non-hydrogen) atoms. The van der Waals surface area contributed by atoms with Crippen molar-refractivity contribution in [3.8, 4) is 5.75 Å². The Morgan fingerprint density at radius 2 is 1.60 bits per heavy atom. The molecule has 1 unspecified atom stereocenters. The molecule has 1 atom stereocenters. The van der Waals surface area contributed by atoms with Crippen LogP contribution in [0, 0.1) is 6.92 Å². The normalized spacial score (nSPS) is 11.7. The molecule has 0 N–H and O–H groups in total. The number of anilines is 1. The molecule has 0 aromatic heterocycles. The van der Waals surface area contributed by atoms with Gasteiger partial charge in [-0.3, -0.25) is 0 Å². The van der Waals surface area contributed by atoms with E-state index >= 15 is 0 Å². The van der Waals surface area contributed by atoms with Crippen LogP contribution in [0.25, 0.3) is 0 Å². The molecule has 0 fully saturated rings.